The van der Waals surface area contributed by atoms with Gasteiger partial charge in [-0.3, -0.25) is 14.5 Å². The lowest BCUT2D eigenvalue weighted by Crippen LogP contribution is -2.51. The van der Waals surface area contributed by atoms with Crippen LogP contribution in [0.1, 0.15) is 28.3 Å². The number of rotatable bonds is 5. The number of hydrogen-bond acceptors (Lipinski definition) is 5. The van der Waals surface area contributed by atoms with Crippen LogP contribution in [0.4, 0.5) is 4.39 Å². The van der Waals surface area contributed by atoms with Gasteiger partial charge in [-0.2, -0.15) is 0 Å². The van der Waals surface area contributed by atoms with E-state index in [1.54, 1.807) is 34.4 Å². The highest BCUT2D eigenvalue weighted by Gasteiger charge is 2.32. The van der Waals surface area contributed by atoms with E-state index in [4.69, 9.17) is 4.42 Å². The van der Waals surface area contributed by atoms with Crippen LogP contribution in [0.15, 0.2) is 59.2 Å². The summed E-state index contributed by atoms with van der Waals surface area (Å²) < 4.78 is 19.3. The highest BCUT2D eigenvalue weighted by molar-refractivity contribution is 7.15. The number of furan rings is 1. The van der Waals surface area contributed by atoms with E-state index in [0.29, 0.717) is 37.3 Å². The van der Waals surface area contributed by atoms with Crippen molar-refractivity contribution in [1.82, 2.24) is 14.7 Å². The van der Waals surface area contributed by atoms with Crippen molar-refractivity contribution in [2.45, 2.75) is 19.4 Å². The Morgan fingerprint density at radius 1 is 0.912 bits per heavy atom. The van der Waals surface area contributed by atoms with E-state index in [9.17, 15) is 14.0 Å². The molecule has 34 heavy (non-hydrogen) atoms. The van der Waals surface area contributed by atoms with Gasteiger partial charge >= 0.3 is 0 Å². The van der Waals surface area contributed by atoms with Crippen molar-refractivity contribution in [3.05, 3.63) is 71.2 Å². The summed E-state index contributed by atoms with van der Waals surface area (Å²) in [5.74, 6) is 0.249. The number of thiophene rings is 1. The maximum atomic E-state index is 14.1. The van der Waals surface area contributed by atoms with Crippen molar-refractivity contribution in [3.8, 4) is 10.4 Å². The SMILES string of the molecule is O=C(c1ccco1)N1CCC(C(=O)N2CCN(Cc3ccc(-c4ccccc4F)s3)CC2)CC1. The average Bonchev–Trinajstić information content (AvgIpc) is 3.57. The van der Waals surface area contributed by atoms with E-state index in [0.717, 1.165) is 37.6 Å². The maximum Gasteiger partial charge on any atom is 0.289 e. The number of likely N-dealkylation sites (tertiary alicyclic amines) is 1. The van der Waals surface area contributed by atoms with Crippen molar-refractivity contribution in [2.24, 2.45) is 5.92 Å². The predicted molar refractivity (Wildman–Crippen MR) is 129 cm³/mol. The Morgan fingerprint density at radius 3 is 2.38 bits per heavy atom. The van der Waals surface area contributed by atoms with Gasteiger partial charge < -0.3 is 14.2 Å². The second-order valence-electron chi connectivity index (χ2n) is 8.89. The summed E-state index contributed by atoms with van der Waals surface area (Å²) in [6.07, 6.45) is 2.89. The molecule has 0 saturated carbocycles. The minimum atomic E-state index is -0.195. The number of nitrogens with zero attached hydrogens (tertiary/aromatic N) is 3. The quantitative estimate of drug-likeness (QED) is 0.544. The van der Waals surface area contributed by atoms with Crippen molar-refractivity contribution in [2.75, 3.05) is 39.3 Å². The molecule has 0 aliphatic carbocycles. The van der Waals surface area contributed by atoms with E-state index < -0.39 is 0 Å². The topological polar surface area (TPSA) is 57.0 Å². The molecule has 0 spiro atoms. The molecule has 0 atom stereocenters. The smallest absolute Gasteiger partial charge is 0.289 e. The summed E-state index contributed by atoms with van der Waals surface area (Å²) in [6.45, 7) is 5.07. The zero-order valence-electron chi connectivity index (χ0n) is 19.0. The molecule has 0 bridgehead atoms. The first-order valence-corrected chi connectivity index (χ1v) is 12.6. The first-order valence-electron chi connectivity index (χ1n) is 11.8. The van der Waals surface area contributed by atoms with Gasteiger partial charge in [0.05, 0.1) is 6.26 Å². The lowest BCUT2D eigenvalue weighted by Gasteiger charge is -2.38. The van der Waals surface area contributed by atoms with E-state index >= 15 is 0 Å². The molecule has 2 aromatic heterocycles. The van der Waals surface area contributed by atoms with Crippen LogP contribution in [0.5, 0.6) is 0 Å². The minimum Gasteiger partial charge on any atom is -0.459 e. The van der Waals surface area contributed by atoms with Crippen LogP contribution in [-0.2, 0) is 11.3 Å². The van der Waals surface area contributed by atoms with Crippen LogP contribution in [0, 0.1) is 11.7 Å². The third kappa shape index (κ3) is 4.93. The lowest BCUT2D eigenvalue weighted by molar-refractivity contribution is -0.138. The van der Waals surface area contributed by atoms with Crippen molar-refractivity contribution in [1.29, 1.82) is 0 Å². The number of carbonyl (C=O) groups is 2. The fourth-order valence-corrected chi connectivity index (χ4v) is 5.84. The highest BCUT2D eigenvalue weighted by Crippen LogP contribution is 2.31. The Kier molecular flexibility index (Phi) is 6.78. The number of benzene rings is 1. The zero-order chi connectivity index (χ0) is 23.5. The van der Waals surface area contributed by atoms with Gasteiger partial charge in [-0.15, -0.1) is 11.3 Å². The minimum absolute atomic E-state index is 0.0205. The van der Waals surface area contributed by atoms with E-state index in [1.165, 1.54) is 17.2 Å². The molecule has 178 valence electrons. The zero-order valence-corrected chi connectivity index (χ0v) is 19.8. The van der Waals surface area contributed by atoms with E-state index in [-0.39, 0.29) is 23.5 Å². The molecule has 6 nitrogen and oxygen atoms in total. The van der Waals surface area contributed by atoms with Gasteiger partial charge in [0.25, 0.3) is 5.91 Å². The summed E-state index contributed by atoms with van der Waals surface area (Å²) in [4.78, 5) is 33.8. The van der Waals surface area contributed by atoms with Gasteiger partial charge in [0.2, 0.25) is 5.91 Å². The Bertz CT molecular complexity index is 1130. The second-order valence-corrected chi connectivity index (χ2v) is 10.1. The third-order valence-electron chi connectivity index (χ3n) is 6.73. The fraction of sp³-hybridized carbons (Fsp3) is 0.385. The van der Waals surface area contributed by atoms with Crippen LogP contribution in [-0.4, -0.2) is 65.8 Å². The number of piperidine rings is 1. The molecule has 0 unspecified atom stereocenters. The standard InChI is InChI=1S/C26H28FN3O3S/c27-22-5-2-1-4-21(22)24-8-7-20(34-24)18-28-13-15-30(16-14-28)25(31)19-9-11-29(12-10-19)26(32)23-6-3-17-33-23/h1-8,17,19H,9-16,18H2. The number of hydrogen-bond donors (Lipinski definition) is 0. The number of piperazine rings is 1. The highest BCUT2D eigenvalue weighted by atomic mass is 32.1. The molecule has 8 heteroatoms. The van der Waals surface area contributed by atoms with Crippen LogP contribution >= 0.6 is 11.3 Å². The average molecular weight is 482 g/mol. The Balaban J connectivity index is 1.09. The molecule has 0 radical (unpaired) electrons. The molecule has 2 amide bonds. The van der Waals surface area contributed by atoms with Gasteiger partial charge in [-0.1, -0.05) is 18.2 Å². The summed E-state index contributed by atoms with van der Waals surface area (Å²) in [5.41, 5.74) is 0.645. The summed E-state index contributed by atoms with van der Waals surface area (Å²) >= 11 is 1.62. The first kappa shape index (κ1) is 22.8. The molecule has 5 rings (SSSR count). The fourth-order valence-electron chi connectivity index (χ4n) is 4.76. The van der Waals surface area contributed by atoms with E-state index in [1.807, 2.05) is 23.1 Å². The molecular weight excluding hydrogens is 453 g/mol. The largest absolute Gasteiger partial charge is 0.459 e. The molecule has 2 fully saturated rings. The van der Waals surface area contributed by atoms with Gasteiger partial charge in [0, 0.05) is 67.0 Å². The third-order valence-corrected chi connectivity index (χ3v) is 7.83. The number of carbonyl (C=O) groups excluding carboxylic acids is 2. The molecular formula is C26H28FN3O3S. The van der Waals surface area contributed by atoms with Crippen molar-refractivity contribution < 1.29 is 18.4 Å². The number of amides is 2. The molecule has 0 N–H and O–H groups in total. The van der Waals surface area contributed by atoms with Gasteiger partial charge in [-0.05, 0) is 43.2 Å². The second kappa shape index (κ2) is 10.1. The Hall–Kier alpha value is -2.97. The molecule has 1 aromatic carbocycles. The van der Waals surface area contributed by atoms with E-state index in [2.05, 4.69) is 11.0 Å². The predicted octanol–water partition coefficient (Wildman–Crippen LogP) is 4.34. The van der Waals surface area contributed by atoms with Crippen LogP contribution < -0.4 is 0 Å². The normalized spacial score (nSPS) is 17.8. The monoisotopic (exact) mass is 481 g/mol. The van der Waals surface area contributed by atoms with Gasteiger partial charge in [0.15, 0.2) is 5.76 Å². The van der Waals surface area contributed by atoms with Crippen molar-refractivity contribution in [3.63, 3.8) is 0 Å². The Labute approximate surface area is 202 Å². The van der Waals surface area contributed by atoms with Crippen LogP contribution in [0.25, 0.3) is 10.4 Å². The van der Waals surface area contributed by atoms with Crippen LogP contribution in [0.2, 0.25) is 0 Å². The summed E-state index contributed by atoms with van der Waals surface area (Å²) in [6, 6.07) is 14.3. The van der Waals surface area contributed by atoms with Crippen LogP contribution in [0.3, 0.4) is 0 Å². The Morgan fingerprint density at radius 2 is 1.68 bits per heavy atom. The molecule has 2 aliphatic rings. The number of halogens is 1. The summed E-state index contributed by atoms with van der Waals surface area (Å²) in [7, 11) is 0. The molecule has 2 saturated heterocycles. The van der Waals surface area contributed by atoms with Crippen molar-refractivity contribution >= 4 is 23.2 Å². The lowest BCUT2D eigenvalue weighted by atomic mass is 9.94. The van der Waals surface area contributed by atoms with Gasteiger partial charge in [-0.25, -0.2) is 4.39 Å². The van der Waals surface area contributed by atoms with Gasteiger partial charge in [0.1, 0.15) is 5.82 Å². The first-order chi connectivity index (χ1) is 16.6. The maximum absolute atomic E-state index is 14.1. The molecule has 2 aliphatic heterocycles. The molecule has 4 heterocycles. The summed E-state index contributed by atoms with van der Waals surface area (Å²) in [5, 5.41) is 0. The molecule has 3 aromatic rings.